The maximum absolute atomic E-state index is 6.44. The zero-order valence-electron chi connectivity index (χ0n) is 13.4. The van der Waals surface area contributed by atoms with Crippen LogP contribution in [-0.2, 0) is 0 Å². The van der Waals surface area contributed by atoms with Crippen molar-refractivity contribution in [2.45, 2.75) is 58.4 Å². The fourth-order valence-corrected chi connectivity index (χ4v) is 4.14. The first-order valence-electron chi connectivity index (χ1n) is 8.10. The second-order valence-corrected chi connectivity index (χ2v) is 7.52. The summed E-state index contributed by atoms with van der Waals surface area (Å²) in [6.07, 6.45) is 3.84. The Morgan fingerprint density at radius 3 is 2.71 bits per heavy atom. The molecule has 21 heavy (non-hydrogen) atoms. The van der Waals surface area contributed by atoms with Crippen LogP contribution in [0, 0.1) is 18.8 Å². The number of nitrogens with zero attached hydrogens (tertiary/aromatic N) is 2. The lowest BCUT2D eigenvalue weighted by atomic mass is 9.79. The molecular weight excluding hydrogens is 280 g/mol. The van der Waals surface area contributed by atoms with E-state index < -0.39 is 0 Å². The molecular formula is C18H25ClN2. The lowest BCUT2D eigenvalue weighted by molar-refractivity contribution is 0.208. The lowest BCUT2D eigenvalue weighted by Gasteiger charge is -2.35. The minimum absolute atomic E-state index is 0.0525. The van der Waals surface area contributed by atoms with Crippen molar-refractivity contribution in [1.82, 2.24) is 9.55 Å². The topological polar surface area (TPSA) is 17.8 Å². The molecule has 3 heteroatoms. The Labute approximate surface area is 132 Å². The number of halogens is 1. The first-order valence-corrected chi connectivity index (χ1v) is 8.54. The van der Waals surface area contributed by atoms with Gasteiger partial charge in [-0.2, -0.15) is 0 Å². The van der Waals surface area contributed by atoms with Crippen molar-refractivity contribution in [2.75, 3.05) is 0 Å². The van der Waals surface area contributed by atoms with E-state index in [2.05, 4.69) is 43.5 Å². The third kappa shape index (κ3) is 2.59. The van der Waals surface area contributed by atoms with Crippen LogP contribution in [0.25, 0.3) is 11.0 Å². The van der Waals surface area contributed by atoms with Crippen molar-refractivity contribution in [2.24, 2.45) is 11.8 Å². The molecule has 0 bridgehead atoms. The number of benzene rings is 1. The molecule has 114 valence electrons. The van der Waals surface area contributed by atoms with Crippen molar-refractivity contribution >= 4 is 22.6 Å². The Balaban J connectivity index is 2.17. The molecule has 1 aromatic heterocycles. The van der Waals surface area contributed by atoms with Crippen LogP contribution in [0.2, 0.25) is 0 Å². The van der Waals surface area contributed by atoms with E-state index in [4.69, 9.17) is 16.6 Å². The molecule has 0 radical (unpaired) electrons. The number of aromatic nitrogens is 2. The standard InChI is InChI=1S/C18H25ClN2/c1-11-8-9-16(13(3)10-11)21-17-12(2)6-5-7-15(17)20-18(21)14(4)19/h5-7,11,13-14,16H,8-10H2,1-4H3. The Morgan fingerprint density at radius 2 is 2.05 bits per heavy atom. The Hall–Kier alpha value is -1.02. The van der Waals surface area contributed by atoms with E-state index in [9.17, 15) is 0 Å². The molecule has 2 nitrogen and oxygen atoms in total. The second kappa shape index (κ2) is 5.64. The summed E-state index contributed by atoms with van der Waals surface area (Å²) in [6, 6.07) is 6.91. The Kier molecular flexibility index (Phi) is 4.00. The average Bonchev–Trinajstić information content (AvgIpc) is 2.80. The van der Waals surface area contributed by atoms with Crippen LogP contribution < -0.4 is 0 Å². The molecule has 0 N–H and O–H groups in total. The van der Waals surface area contributed by atoms with Crippen molar-refractivity contribution in [1.29, 1.82) is 0 Å². The van der Waals surface area contributed by atoms with Crippen LogP contribution in [0.4, 0.5) is 0 Å². The fraction of sp³-hybridized carbons (Fsp3) is 0.611. The number of aryl methyl sites for hydroxylation is 1. The van der Waals surface area contributed by atoms with Gasteiger partial charge < -0.3 is 4.57 Å². The normalized spacial score (nSPS) is 28.0. The van der Waals surface area contributed by atoms with E-state index >= 15 is 0 Å². The summed E-state index contributed by atoms with van der Waals surface area (Å²) < 4.78 is 2.46. The zero-order chi connectivity index (χ0) is 15.1. The number of rotatable bonds is 2. The number of fused-ring (bicyclic) bond motifs is 1. The summed E-state index contributed by atoms with van der Waals surface area (Å²) in [4.78, 5) is 4.83. The minimum Gasteiger partial charge on any atom is -0.323 e. The largest absolute Gasteiger partial charge is 0.323 e. The maximum atomic E-state index is 6.44. The van der Waals surface area contributed by atoms with E-state index in [-0.39, 0.29) is 5.38 Å². The van der Waals surface area contributed by atoms with Crippen molar-refractivity contribution < 1.29 is 0 Å². The molecule has 3 rings (SSSR count). The van der Waals surface area contributed by atoms with Crippen molar-refractivity contribution in [3.63, 3.8) is 0 Å². The van der Waals surface area contributed by atoms with Crippen LogP contribution in [0.5, 0.6) is 0 Å². The maximum Gasteiger partial charge on any atom is 0.127 e. The molecule has 2 aromatic rings. The highest BCUT2D eigenvalue weighted by molar-refractivity contribution is 6.20. The lowest BCUT2D eigenvalue weighted by Crippen LogP contribution is -2.26. The summed E-state index contributed by atoms with van der Waals surface area (Å²) in [5.74, 6) is 2.55. The van der Waals surface area contributed by atoms with Gasteiger partial charge in [0.25, 0.3) is 0 Å². The number of alkyl halides is 1. The molecule has 1 heterocycles. The first kappa shape index (κ1) is 14.9. The van der Waals surface area contributed by atoms with Gasteiger partial charge in [-0.05, 0) is 56.6 Å². The fourth-order valence-electron chi connectivity index (χ4n) is 3.99. The van der Waals surface area contributed by atoms with Crippen LogP contribution in [0.15, 0.2) is 18.2 Å². The monoisotopic (exact) mass is 304 g/mol. The van der Waals surface area contributed by atoms with Gasteiger partial charge in [-0.3, -0.25) is 0 Å². The molecule has 1 aliphatic rings. The zero-order valence-corrected chi connectivity index (χ0v) is 14.2. The summed E-state index contributed by atoms with van der Waals surface area (Å²) >= 11 is 6.44. The average molecular weight is 305 g/mol. The highest BCUT2D eigenvalue weighted by atomic mass is 35.5. The summed E-state index contributed by atoms with van der Waals surface area (Å²) in [5.41, 5.74) is 3.67. The molecule has 0 amide bonds. The second-order valence-electron chi connectivity index (χ2n) is 6.86. The predicted octanol–water partition coefficient (Wildman–Crippen LogP) is 5.64. The van der Waals surface area contributed by atoms with Gasteiger partial charge in [0.15, 0.2) is 0 Å². The van der Waals surface area contributed by atoms with Crippen LogP contribution in [0.1, 0.15) is 62.8 Å². The molecule has 4 atom stereocenters. The van der Waals surface area contributed by atoms with Crippen molar-refractivity contribution in [3.8, 4) is 0 Å². The molecule has 0 spiro atoms. The first-order chi connectivity index (χ1) is 9.99. The summed E-state index contributed by atoms with van der Waals surface area (Å²) in [6.45, 7) is 8.96. The van der Waals surface area contributed by atoms with Gasteiger partial charge in [-0.1, -0.05) is 26.0 Å². The number of para-hydroxylation sites is 1. The minimum atomic E-state index is -0.0525. The molecule has 1 aromatic carbocycles. The van der Waals surface area contributed by atoms with Gasteiger partial charge in [0.2, 0.25) is 0 Å². The molecule has 4 unspecified atom stereocenters. The van der Waals surface area contributed by atoms with Gasteiger partial charge >= 0.3 is 0 Å². The van der Waals surface area contributed by atoms with Crippen LogP contribution >= 0.6 is 11.6 Å². The van der Waals surface area contributed by atoms with E-state index in [1.165, 1.54) is 30.3 Å². The van der Waals surface area contributed by atoms with E-state index in [0.717, 1.165) is 17.3 Å². The third-order valence-electron chi connectivity index (χ3n) is 5.01. The SMILES string of the molecule is Cc1cccc2nc(C(C)Cl)n(C3CCC(C)CC3C)c12. The third-order valence-corrected chi connectivity index (χ3v) is 5.21. The smallest absolute Gasteiger partial charge is 0.127 e. The molecule has 0 aliphatic heterocycles. The Bertz CT molecular complexity index is 644. The highest BCUT2D eigenvalue weighted by Gasteiger charge is 2.30. The number of hydrogen-bond donors (Lipinski definition) is 0. The van der Waals surface area contributed by atoms with Crippen LogP contribution in [-0.4, -0.2) is 9.55 Å². The van der Waals surface area contributed by atoms with Crippen molar-refractivity contribution in [3.05, 3.63) is 29.6 Å². The van der Waals surface area contributed by atoms with E-state index in [1.54, 1.807) is 0 Å². The summed E-state index contributed by atoms with van der Waals surface area (Å²) in [7, 11) is 0. The summed E-state index contributed by atoms with van der Waals surface area (Å²) in [5, 5.41) is -0.0525. The van der Waals surface area contributed by atoms with Gasteiger partial charge in [0.05, 0.1) is 16.4 Å². The Morgan fingerprint density at radius 1 is 1.29 bits per heavy atom. The van der Waals surface area contributed by atoms with Crippen LogP contribution in [0.3, 0.4) is 0 Å². The van der Waals surface area contributed by atoms with E-state index in [1.807, 2.05) is 6.92 Å². The highest BCUT2D eigenvalue weighted by Crippen LogP contribution is 2.41. The van der Waals surface area contributed by atoms with E-state index in [0.29, 0.717) is 12.0 Å². The molecule has 1 aliphatic carbocycles. The molecule has 1 saturated carbocycles. The number of hydrogen-bond acceptors (Lipinski definition) is 1. The molecule has 1 fully saturated rings. The van der Waals surface area contributed by atoms with Gasteiger partial charge in [-0.15, -0.1) is 11.6 Å². The van der Waals surface area contributed by atoms with Gasteiger partial charge in [-0.25, -0.2) is 4.98 Å². The predicted molar refractivity (Wildman–Crippen MR) is 90.0 cm³/mol. The number of imidazole rings is 1. The quantitative estimate of drug-likeness (QED) is 0.656. The van der Waals surface area contributed by atoms with Gasteiger partial charge in [0.1, 0.15) is 5.82 Å². The molecule has 0 saturated heterocycles. The van der Waals surface area contributed by atoms with Gasteiger partial charge in [0, 0.05) is 6.04 Å².